The summed E-state index contributed by atoms with van der Waals surface area (Å²) >= 11 is 3.40. The summed E-state index contributed by atoms with van der Waals surface area (Å²) in [5, 5.41) is 11.5. The zero-order valence-corrected chi connectivity index (χ0v) is 12.6. The number of nitrogens with zero attached hydrogens (tertiary/aromatic N) is 1. The molecule has 1 aromatic heterocycles. The Kier molecular flexibility index (Phi) is 3.55. The zero-order chi connectivity index (χ0) is 14.1. The van der Waals surface area contributed by atoms with Crippen molar-refractivity contribution in [1.29, 1.82) is 0 Å². The van der Waals surface area contributed by atoms with Crippen LogP contribution in [-0.4, -0.2) is 10.1 Å². The number of benzene rings is 2. The van der Waals surface area contributed by atoms with E-state index in [9.17, 15) is 5.11 Å². The molecule has 0 aliphatic carbocycles. The Bertz CT molecular complexity index is 753. The zero-order valence-electron chi connectivity index (χ0n) is 11.0. The van der Waals surface area contributed by atoms with Crippen molar-refractivity contribution in [3.05, 3.63) is 75.9 Å². The molecule has 0 aliphatic rings. The highest BCUT2D eigenvalue weighted by atomic mass is 79.9. The molecule has 100 valence electrons. The van der Waals surface area contributed by atoms with Gasteiger partial charge in [-0.1, -0.05) is 40.2 Å². The van der Waals surface area contributed by atoms with E-state index in [1.807, 2.05) is 61.5 Å². The van der Waals surface area contributed by atoms with Crippen LogP contribution in [0.2, 0.25) is 0 Å². The van der Waals surface area contributed by atoms with Gasteiger partial charge >= 0.3 is 0 Å². The first-order chi connectivity index (χ1) is 9.63. The van der Waals surface area contributed by atoms with Gasteiger partial charge in [0, 0.05) is 15.6 Å². The first-order valence-corrected chi connectivity index (χ1v) is 7.23. The van der Waals surface area contributed by atoms with Crippen molar-refractivity contribution in [1.82, 2.24) is 4.98 Å². The Labute approximate surface area is 126 Å². The summed E-state index contributed by atoms with van der Waals surface area (Å²) in [5.74, 6) is 0. The van der Waals surface area contributed by atoms with E-state index in [1.54, 1.807) is 0 Å². The van der Waals surface area contributed by atoms with Gasteiger partial charge in [-0.25, -0.2) is 0 Å². The number of hydrogen-bond donors (Lipinski definition) is 1. The third-order valence-corrected chi connectivity index (χ3v) is 3.88. The number of halogens is 1. The number of aryl methyl sites for hydroxylation is 1. The van der Waals surface area contributed by atoms with Gasteiger partial charge < -0.3 is 5.11 Å². The Hall–Kier alpha value is -1.71. The highest BCUT2D eigenvalue weighted by Gasteiger charge is 2.11. The number of aliphatic hydroxyl groups excluding tert-OH is 1. The molecule has 0 bridgehead atoms. The van der Waals surface area contributed by atoms with Gasteiger partial charge in [-0.05, 0) is 48.4 Å². The van der Waals surface area contributed by atoms with Gasteiger partial charge in [-0.3, -0.25) is 4.98 Å². The number of rotatable bonds is 2. The first-order valence-electron chi connectivity index (χ1n) is 6.44. The minimum absolute atomic E-state index is 0.617. The van der Waals surface area contributed by atoms with Crippen molar-refractivity contribution in [2.75, 3.05) is 0 Å². The van der Waals surface area contributed by atoms with Crippen LogP contribution in [0.15, 0.2) is 59.1 Å². The van der Waals surface area contributed by atoms with Crippen molar-refractivity contribution in [3.63, 3.8) is 0 Å². The Morgan fingerprint density at radius 3 is 2.40 bits per heavy atom. The molecule has 1 atom stereocenters. The van der Waals surface area contributed by atoms with Crippen LogP contribution in [0.1, 0.15) is 22.9 Å². The largest absolute Gasteiger partial charge is 0.384 e. The van der Waals surface area contributed by atoms with Crippen molar-refractivity contribution in [2.24, 2.45) is 0 Å². The van der Waals surface area contributed by atoms with Crippen molar-refractivity contribution >= 4 is 26.8 Å². The number of fused-ring (bicyclic) bond motifs is 1. The SMILES string of the molecule is Cc1ccc2cc(C(O)c3ccc(Br)cc3)ccc2n1. The molecule has 0 saturated heterocycles. The molecule has 0 radical (unpaired) electrons. The van der Waals surface area contributed by atoms with Crippen LogP contribution >= 0.6 is 15.9 Å². The van der Waals surface area contributed by atoms with Gasteiger partial charge in [0.05, 0.1) is 5.52 Å². The highest BCUT2D eigenvalue weighted by molar-refractivity contribution is 9.10. The van der Waals surface area contributed by atoms with Crippen molar-refractivity contribution in [3.8, 4) is 0 Å². The summed E-state index contributed by atoms with van der Waals surface area (Å²) in [7, 11) is 0. The molecule has 3 rings (SSSR count). The molecule has 20 heavy (non-hydrogen) atoms. The molecular formula is C17H14BrNO. The normalized spacial score (nSPS) is 12.6. The lowest BCUT2D eigenvalue weighted by Gasteiger charge is -2.12. The summed E-state index contributed by atoms with van der Waals surface area (Å²) in [6, 6.07) is 17.6. The van der Waals surface area contributed by atoms with Crippen LogP contribution in [0.4, 0.5) is 0 Å². The topological polar surface area (TPSA) is 33.1 Å². The highest BCUT2D eigenvalue weighted by Crippen LogP contribution is 2.26. The second-order valence-electron chi connectivity index (χ2n) is 4.86. The maximum atomic E-state index is 10.5. The van der Waals surface area contributed by atoms with E-state index >= 15 is 0 Å². The minimum atomic E-state index is -0.617. The lowest BCUT2D eigenvalue weighted by molar-refractivity contribution is 0.220. The van der Waals surface area contributed by atoms with Gasteiger partial charge in [-0.15, -0.1) is 0 Å². The minimum Gasteiger partial charge on any atom is -0.384 e. The van der Waals surface area contributed by atoms with E-state index in [2.05, 4.69) is 20.9 Å². The van der Waals surface area contributed by atoms with Gasteiger partial charge in [-0.2, -0.15) is 0 Å². The fraction of sp³-hybridized carbons (Fsp3) is 0.118. The molecule has 3 heteroatoms. The molecule has 0 aliphatic heterocycles. The fourth-order valence-corrected chi connectivity index (χ4v) is 2.52. The molecule has 1 unspecified atom stereocenters. The Morgan fingerprint density at radius 2 is 1.65 bits per heavy atom. The summed E-state index contributed by atoms with van der Waals surface area (Å²) in [6.07, 6.45) is -0.617. The maximum Gasteiger partial charge on any atom is 0.104 e. The van der Waals surface area contributed by atoms with Gasteiger partial charge in [0.2, 0.25) is 0 Å². The molecular weight excluding hydrogens is 314 g/mol. The van der Waals surface area contributed by atoms with E-state index in [1.165, 1.54) is 0 Å². The third kappa shape index (κ3) is 2.60. The summed E-state index contributed by atoms with van der Waals surface area (Å²) in [5.41, 5.74) is 3.72. The van der Waals surface area contributed by atoms with Crippen LogP contribution < -0.4 is 0 Å². The van der Waals surface area contributed by atoms with Gasteiger partial charge in [0.1, 0.15) is 6.10 Å². The first kappa shape index (κ1) is 13.3. The summed E-state index contributed by atoms with van der Waals surface area (Å²) in [6.45, 7) is 1.98. The van der Waals surface area contributed by atoms with Crippen LogP contribution in [-0.2, 0) is 0 Å². The number of aromatic nitrogens is 1. The second kappa shape index (κ2) is 5.35. The number of pyridine rings is 1. The molecule has 2 aromatic carbocycles. The van der Waals surface area contributed by atoms with E-state index in [0.29, 0.717) is 0 Å². The third-order valence-electron chi connectivity index (χ3n) is 3.35. The standard InChI is InChI=1S/C17H14BrNO/c1-11-2-3-13-10-14(6-9-16(13)19-11)17(20)12-4-7-15(18)8-5-12/h2-10,17,20H,1H3. The molecule has 1 N–H and O–H groups in total. The van der Waals surface area contributed by atoms with E-state index in [4.69, 9.17) is 0 Å². The van der Waals surface area contributed by atoms with E-state index < -0.39 is 6.10 Å². The molecule has 0 spiro atoms. The lowest BCUT2D eigenvalue weighted by Crippen LogP contribution is -1.99. The van der Waals surface area contributed by atoms with E-state index in [0.717, 1.165) is 32.2 Å². The molecule has 0 saturated carbocycles. The van der Waals surface area contributed by atoms with Gasteiger partial charge in [0.15, 0.2) is 0 Å². The Morgan fingerprint density at radius 1 is 0.950 bits per heavy atom. The van der Waals surface area contributed by atoms with E-state index in [-0.39, 0.29) is 0 Å². The maximum absolute atomic E-state index is 10.5. The molecule has 0 amide bonds. The molecule has 1 heterocycles. The Balaban J connectivity index is 2.01. The van der Waals surface area contributed by atoms with Crippen molar-refractivity contribution in [2.45, 2.75) is 13.0 Å². The molecule has 3 aromatic rings. The predicted molar refractivity (Wildman–Crippen MR) is 84.7 cm³/mol. The average Bonchev–Trinajstić information content (AvgIpc) is 2.47. The van der Waals surface area contributed by atoms with Crippen LogP contribution in [0, 0.1) is 6.92 Å². The fourth-order valence-electron chi connectivity index (χ4n) is 2.25. The predicted octanol–water partition coefficient (Wildman–Crippen LogP) is 4.39. The second-order valence-corrected chi connectivity index (χ2v) is 5.77. The smallest absolute Gasteiger partial charge is 0.104 e. The summed E-state index contributed by atoms with van der Waals surface area (Å²) < 4.78 is 1.01. The molecule has 0 fully saturated rings. The average molecular weight is 328 g/mol. The summed E-state index contributed by atoms with van der Waals surface area (Å²) in [4.78, 5) is 4.47. The van der Waals surface area contributed by atoms with Crippen LogP contribution in [0.5, 0.6) is 0 Å². The van der Waals surface area contributed by atoms with Crippen LogP contribution in [0.25, 0.3) is 10.9 Å². The molecule has 2 nitrogen and oxygen atoms in total. The number of hydrogen-bond acceptors (Lipinski definition) is 2. The quantitative estimate of drug-likeness (QED) is 0.757. The van der Waals surface area contributed by atoms with Gasteiger partial charge in [0.25, 0.3) is 0 Å². The van der Waals surface area contributed by atoms with Crippen LogP contribution in [0.3, 0.4) is 0 Å². The van der Waals surface area contributed by atoms with Crippen molar-refractivity contribution < 1.29 is 5.11 Å². The lowest BCUT2D eigenvalue weighted by atomic mass is 10.00. The number of aliphatic hydroxyl groups is 1. The monoisotopic (exact) mass is 327 g/mol.